The van der Waals surface area contributed by atoms with E-state index >= 15 is 0 Å². The first-order valence-electron chi connectivity index (χ1n) is 6.72. The monoisotopic (exact) mass is 259 g/mol. The van der Waals surface area contributed by atoms with Crippen molar-refractivity contribution in [2.24, 2.45) is 0 Å². The molecular formula is C15H18FN3. The zero-order valence-corrected chi connectivity index (χ0v) is 11.1. The van der Waals surface area contributed by atoms with Crippen molar-refractivity contribution in [2.45, 2.75) is 6.42 Å². The van der Waals surface area contributed by atoms with Gasteiger partial charge in [0, 0.05) is 25.0 Å². The molecule has 19 heavy (non-hydrogen) atoms. The molecule has 1 aliphatic rings. The number of benzene rings is 1. The van der Waals surface area contributed by atoms with E-state index in [0.717, 1.165) is 49.3 Å². The number of rotatable bonds is 1. The summed E-state index contributed by atoms with van der Waals surface area (Å²) in [6.07, 6.45) is 1.15. The van der Waals surface area contributed by atoms with Crippen LogP contribution in [-0.2, 0) is 0 Å². The molecule has 1 fully saturated rings. The zero-order chi connectivity index (χ0) is 13.2. The minimum absolute atomic E-state index is 0.210. The number of hydrogen-bond acceptors (Lipinski definition) is 3. The molecule has 1 aromatic carbocycles. The standard InChI is InChI=1S/C15H18FN3/c1-18-7-2-8-19(10-9-18)15-6-3-12-11-13(16)4-5-14(12)17-15/h3-6,11H,2,7-10H2,1H3. The van der Waals surface area contributed by atoms with Crippen LogP contribution in [0.2, 0.25) is 0 Å². The van der Waals surface area contributed by atoms with E-state index in [2.05, 4.69) is 21.8 Å². The van der Waals surface area contributed by atoms with Crippen LogP contribution in [0.5, 0.6) is 0 Å². The molecule has 2 aromatic rings. The predicted molar refractivity (Wildman–Crippen MR) is 76.0 cm³/mol. The normalized spacial score (nSPS) is 17.7. The third-order valence-corrected chi connectivity index (χ3v) is 3.68. The highest BCUT2D eigenvalue weighted by atomic mass is 19.1. The maximum atomic E-state index is 13.1. The van der Waals surface area contributed by atoms with Crippen molar-refractivity contribution in [3.8, 4) is 0 Å². The number of hydrogen-bond donors (Lipinski definition) is 0. The van der Waals surface area contributed by atoms with Crippen molar-refractivity contribution in [2.75, 3.05) is 38.1 Å². The summed E-state index contributed by atoms with van der Waals surface area (Å²) in [4.78, 5) is 9.30. The minimum atomic E-state index is -0.210. The van der Waals surface area contributed by atoms with Crippen LogP contribution in [0.15, 0.2) is 30.3 Å². The third-order valence-electron chi connectivity index (χ3n) is 3.68. The Morgan fingerprint density at radius 3 is 2.84 bits per heavy atom. The number of anilines is 1. The van der Waals surface area contributed by atoms with Crippen LogP contribution in [0.3, 0.4) is 0 Å². The Bertz CT molecular complexity index is 585. The Morgan fingerprint density at radius 1 is 1.05 bits per heavy atom. The van der Waals surface area contributed by atoms with Crippen LogP contribution in [-0.4, -0.2) is 43.1 Å². The number of nitrogens with zero attached hydrogens (tertiary/aromatic N) is 3. The van der Waals surface area contributed by atoms with Gasteiger partial charge in [-0.05, 0) is 50.3 Å². The number of likely N-dealkylation sites (N-methyl/N-ethyl adjacent to an activating group) is 1. The van der Waals surface area contributed by atoms with Crippen molar-refractivity contribution in [3.63, 3.8) is 0 Å². The van der Waals surface area contributed by atoms with E-state index in [9.17, 15) is 4.39 Å². The summed E-state index contributed by atoms with van der Waals surface area (Å²) in [7, 11) is 2.15. The fourth-order valence-electron chi connectivity index (χ4n) is 2.54. The largest absolute Gasteiger partial charge is 0.355 e. The van der Waals surface area contributed by atoms with E-state index in [0.29, 0.717) is 0 Å². The lowest BCUT2D eigenvalue weighted by atomic mass is 10.2. The number of aromatic nitrogens is 1. The van der Waals surface area contributed by atoms with E-state index in [1.165, 1.54) is 12.1 Å². The fraction of sp³-hybridized carbons (Fsp3) is 0.400. The van der Waals surface area contributed by atoms with Gasteiger partial charge in [0.2, 0.25) is 0 Å². The van der Waals surface area contributed by atoms with Crippen LogP contribution < -0.4 is 4.90 Å². The van der Waals surface area contributed by atoms with Gasteiger partial charge in [0.1, 0.15) is 11.6 Å². The molecule has 3 rings (SSSR count). The number of pyridine rings is 1. The van der Waals surface area contributed by atoms with Gasteiger partial charge in [-0.3, -0.25) is 0 Å². The highest BCUT2D eigenvalue weighted by molar-refractivity contribution is 5.80. The number of fused-ring (bicyclic) bond motifs is 1. The van der Waals surface area contributed by atoms with E-state index in [1.54, 1.807) is 6.07 Å². The molecule has 0 aliphatic carbocycles. The molecule has 2 heterocycles. The molecule has 3 nitrogen and oxygen atoms in total. The van der Waals surface area contributed by atoms with E-state index in [1.807, 2.05) is 12.1 Å². The second-order valence-electron chi connectivity index (χ2n) is 5.15. The molecular weight excluding hydrogens is 241 g/mol. The zero-order valence-electron chi connectivity index (χ0n) is 11.1. The lowest BCUT2D eigenvalue weighted by Gasteiger charge is -2.21. The maximum Gasteiger partial charge on any atom is 0.129 e. The first-order chi connectivity index (χ1) is 9.22. The summed E-state index contributed by atoms with van der Waals surface area (Å²) in [6, 6.07) is 8.69. The third kappa shape index (κ3) is 2.68. The molecule has 0 saturated carbocycles. The van der Waals surface area contributed by atoms with Crippen LogP contribution in [0.25, 0.3) is 10.9 Å². The minimum Gasteiger partial charge on any atom is -0.355 e. The molecule has 1 saturated heterocycles. The van der Waals surface area contributed by atoms with Crippen LogP contribution in [0.1, 0.15) is 6.42 Å². The summed E-state index contributed by atoms with van der Waals surface area (Å²) >= 11 is 0. The molecule has 0 N–H and O–H groups in total. The highest BCUT2D eigenvalue weighted by Crippen LogP contribution is 2.20. The van der Waals surface area contributed by atoms with Crippen molar-refractivity contribution < 1.29 is 4.39 Å². The predicted octanol–water partition coefficient (Wildman–Crippen LogP) is 2.52. The van der Waals surface area contributed by atoms with Crippen molar-refractivity contribution >= 4 is 16.7 Å². The molecule has 0 amide bonds. The molecule has 0 bridgehead atoms. The highest BCUT2D eigenvalue weighted by Gasteiger charge is 2.13. The summed E-state index contributed by atoms with van der Waals surface area (Å²) in [5.74, 6) is 0.785. The van der Waals surface area contributed by atoms with Gasteiger partial charge in [-0.15, -0.1) is 0 Å². The molecule has 0 unspecified atom stereocenters. The Hall–Kier alpha value is -1.68. The average molecular weight is 259 g/mol. The molecule has 4 heteroatoms. The molecule has 100 valence electrons. The number of halogens is 1. The summed E-state index contributed by atoms with van der Waals surface area (Å²) < 4.78 is 13.1. The Labute approximate surface area is 112 Å². The van der Waals surface area contributed by atoms with Gasteiger partial charge in [-0.1, -0.05) is 0 Å². The van der Waals surface area contributed by atoms with Crippen LogP contribution in [0.4, 0.5) is 10.2 Å². The Balaban J connectivity index is 1.90. The van der Waals surface area contributed by atoms with Crippen molar-refractivity contribution in [3.05, 3.63) is 36.1 Å². The lowest BCUT2D eigenvalue weighted by Crippen LogP contribution is -2.29. The molecule has 1 aliphatic heterocycles. The van der Waals surface area contributed by atoms with Crippen molar-refractivity contribution in [1.29, 1.82) is 0 Å². The summed E-state index contributed by atoms with van der Waals surface area (Å²) in [5, 5.41) is 0.857. The van der Waals surface area contributed by atoms with Gasteiger partial charge in [0.25, 0.3) is 0 Å². The average Bonchev–Trinajstić information content (AvgIpc) is 2.63. The second-order valence-corrected chi connectivity index (χ2v) is 5.15. The van der Waals surface area contributed by atoms with Gasteiger partial charge in [0.05, 0.1) is 5.52 Å². The molecule has 0 atom stereocenters. The van der Waals surface area contributed by atoms with Gasteiger partial charge in [-0.25, -0.2) is 9.37 Å². The first kappa shape index (κ1) is 12.4. The summed E-state index contributed by atoms with van der Waals surface area (Å²) in [6.45, 7) is 4.22. The van der Waals surface area contributed by atoms with Gasteiger partial charge < -0.3 is 9.80 Å². The van der Waals surface area contributed by atoms with Gasteiger partial charge in [0.15, 0.2) is 0 Å². The lowest BCUT2D eigenvalue weighted by molar-refractivity contribution is 0.360. The molecule has 1 aromatic heterocycles. The SMILES string of the molecule is CN1CCCN(c2ccc3cc(F)ccc3n2)CC1. The van der Waals surface area contributed by atoms with E-state index < -0.39 is 0 Å². The first-order valence-corrected chi connectivity index (χ1v) is 6.72. The Morgan fingerprint density at radius 2 is 1.95 bits per heavy atom. The van der Waals surface area contributed by atoms with E-state index in [4.69, 9.17) is 0 Å². The smallest absolute Gasteiger partial charge is 0.129 e. The second kappa shape index (κ2) is 5.13. The van der Waals surface area contributed by atoms with E-state index in [-0.39, 0.29) is 5.82 Å². The maximum absolute atomic E-state index is 13.1. The van der Waals surface area contributed by atoms with Gasteiger partial charge >= 0.3 is 0 Å². The van der Waals surface area contributed by atoms with Gasteiger partial charge in [-0.2, -0.15) is 0 Å². The quantitative estimate of drug-likeness (QED) is 0.784. The molecule has 0 radical (unpaired) electrons. The van der Waals surface area contributed by atoms with Crippen LogP contribution >= 0.6 is 0 Å². The Kier molecular flexibility index (Phi) is 3.34. The summed E-state index contributed by atoms with van der Waals surface area (Å²) in [5.41, 5.74) is 0.858. The fourth-order valence-corrected chi connectivity index (χ4v) is 2.54. The molecule has 0 spiro atoms. The van der Waals surface area contributed by atoms with Crippen LogP contribution in [0, 0.1) is 5.82 Å². The van der Waals surface area contributed by atoms with Crippen molar-refractivity contribution in [1.82, 2.24) is 9.88 Å². The topological polar surface area (TPSA) is 19.4 Å².